The van der Waals surface area contributed by atoms with Gasteiger partial charge in [0.25, 0.3) is 5.91 Å². The van der Waals surface area contributed by atoms with Gasteiger partial charge in [0.05, 0.1) is 11.6 Å². The number of phenolic OH excluding ortho intramolecular Hbond substituents is 1. The number of carbonyl (C=O) groups excluding carboxylic acids is 1. The maximum absolute atomic E-state index is 13.4. The molecule has 2 aliphatic carbocycles. The summed E-state index contributed by atoms with van der Waals surface area (Å²) in [5.41, 5.74) is 4.10. The first-order valence-corrected chi connectivity index (χ1v) is 15.3. The number of alkyl halides is 3. The average molecular weight is 601 g/mol. The summed E-state index contributed by atoms with van der Waals surface area (Å²) < 4.78 is 45.5. The highest BCUT2D eigenvalue weighted by Gasteiger charge is 2.66. The number of hydrogen-bond acceptors (Lipinski definition) is 4. The van der Waals surface area contributed by atoms with Gasteiger partial charge in [-0.25, -0.2) is 0 Å². The Morgan fingerprint density at radius 3 is 2.61 bits per heavy atom. The summed E-state index contributed by atoms with van der Waals surface area (Å²) >= 11 is 0. The number of nitrogens with zero attached hydrogens (tertiary/aromatic N) is 2. The van der Waals surface area contributed by atoms with Crippen LogP contribution >= 0.6 is 0 Å². The lowest BCUT2D eigenvalue weighted by Gasteiger charge is -2.60. The van der Waals surface area contributed by atoms with Gasteiger partial charge in [0, 0.05) is 42.1 Å². The van der Waals surface area contributed by atoms with Crippen LogP contribution in [0.15, 0.2) is 60.7 Å². The van der Waals surface area contributed by atoms with Gasteiger partial charge in [-0.05, 0) is 98.5 Å². The van der Waals surface area contributed by atoms with Crippen LogP contribution < -0.4 is 4.74 Å². The molecule has 44 heavy (non-hydrogen) atoms. The molecule has 4 aliphatic rings. The Balaban J connectivity index is 1.17. The molecular weight excluding hydrogens is 565 g/mol. The molecule has 5 nitrogen and oxygen atoms in total. The van der Waals surface area contributed by atoms with Gasteiger partial charge in [0.15, 0.2) is 11.5 Å². The topological polar surface area (TPSA) is 53.0 Å². The highest BCUT2D eigenvalue weighted by Crippen LogP contribution is 2.64. The number of benzene rings is 3. The second-order valence-electron chi connectivity index (χ2n) is 12.8. The van der Waals surface area contributed by atoms with Crippen molar-refractivity contribution in [1.29, 1.82) is 0 Å². The number of halogens is 3. The van der Waals surface area contributed by atoms with Gasteiger partial charge in [-0.3, -0.25) is 9.69 Å². The number of phenols is 1. The van der Waals surface area contributed by atoms with Gasteiger partial charge in [-0.15, -0.1) is 0 Å². The van der Waals surface area contributed by atoms with Crippen molar-refractivity contribution in [3.8, 4) is 23.3 Å². The van der Waals surface area contributed by atoms with E-state index in [1.165, 1.54) is 23.3 Å². The molecule has 2 aliphatic heterocycles. The summed E-state index contributed by atoms with van der Waals surface area (Å²) in [5, 5.41) is 11.1. The minimum Gasteiger partial charge on any atom is -0.504 e. The van der Waals surface area contributed by atoms with E-state index in [0.29, 0.717) is 23.3 Å². The van der Waals surface area contributed by atoms with Gasteiger partial charge in [-0.1, -0.05) is 36.3 Å². The Kier molecular flexibility index (Phi) is 6.93. The van der Waals surface area contributed by atoms with Crippen molar-refractivity contribution in [1.82, 2.24) is 9.80 Å². The highest BCUT2D eigenvalue weighted by atomic mass is 19.4. The van der Waals surface area contributed by atoms with Crippen molar-refractivity contribution in [2.24, 2.45) is 5.92 Å². The molecule has 2 bridgehead atoms. The molecular formula is C36H35F3N2O3. The number of likely N-dealkylation sites (tertiary alicyclic amines) is 1. The predicted molar refractivity (Wildman–Crippen MR) is 160 cm³/mol. The quantitative estimate of drug-likeness (QED) is 0.380. The minimum absolute atomic E-state index is 0.156. The summed E-state index contributed by atoms with van der Waals surface area (Å²) in [5.74, 6) is 6.05. The van der Waals surface area contributed by atoms with E-state index < -0.39 is 17.6 Å². The lowest BCUT2D eigenvalue weighted by molar-refractivity contribution is -0.137. The fourth-order valence-electron chi connectivity index (χ4n) is 8.56. The summed E-state index contributed by atoms with van der Waals surface area (Å²) in [6.07, 6.45) is -0.287. The van der Waals surface area contributed by atoms with Crippen molar-refractivity contribution in [3.05, 3.63) is 94.0 Å². The van der Waals surface area contributed by atoms with Gasteiger partial charge >= 0.3 is 6.18 Å². The molecule has 0 unspecified atom stereocenters. The van der Waals surface area contributed by atoms with Crippen molar-refractivity contribution >= 4 is 5.91 Å². The Hall–Kier alpha value is -3.96. The Morgan fingerprint density at radius 1 is 1.14 bits per heavy atom. The van der Waals surface area contributed by atoms with Gasteiger partial charge in [-0.2, -0.15) is 13.2 Å². The Bertz CT molecular complexity index is 1660. The summed E-state index contributed by atoms with van der Waals surface area (Å²) in [6.45, 7) is 3.96. The third-order valence-electron chi connectivity index (χ3n) is 10.6. The van der Waals surface area contributed by atoms with Crippen LogP contribution in [0.2, 0.25) is 0 Å². The molecule has 0 aromatic heterocycles. The normalized spacial score (nSPS) is 26.7. The SMILES string of the molecule is Cc1cc(O)c2c3c1C[C@@H]1[C@@H]4CC[C@H](N(C)C(=O)C#Cc5ccc(C(F)(F)F)cc5)[C@H](O2)[C@]34CCN1CCc1ccccc1. The minimum atomic E-state index is -4.43. The van der Waals surface area contributed by atoms with Crippen molar-refractivity contribution in [2.45, 2.75) is 68.8 Å². The molecule has 1 N–H and O–H groups in total. The molecule has 2 heterocycles. The van der Waals surface area contributed by atoms with Crippen molar-refractivity contribution in [3.63, 3.8) is 0 Å². The summed E-state index contributed by atoms with van der Waals surface area (Å²) in [7, 11) is 1.74. The van der Waals surface area contributed by atoms with Crippen molar-refractivity contribution < 1.29 is 27.8 Å². The molecule has 2 fully saturated rings. The molecule has 3 aromatic carbocycles. The van der Waals surface area contributed by atoms with Gasteiger partial charge in [0.2, 0.25) is 0 Å². The molecule has 5 atom stereocenters. The van der Waals surface area contributed by atoms with E-state index in [1.807, 2.05) is 12.1 Å². The number of aryl methyl sites for hydroxylation is 1. The average Bonchev–Trinajstić information content (AvgIpc) is 3.35. The molecule has 3 aromatic rings. The standard InChI is InChI=1S/C36H35F3N2O3/c1-22-20-30(42)33-32-26(22)21-29-27-13-14-28(40(2)31(43)15-10-24-8-11-25(12-9-24)36(37,38)39)34(44-33)35(27,32)17-19-41(29)18-16-23-6-4-3-5-7-23/h3-9,11-12,20,27-29,34,42H,13-14,16-19,21H2,1-2H3/t27-,28-,29+,34-,35-/m0/s1. The maximum Gasteiger partial charge on any atom is 0.416 e. The van der Waals surface area contributed by atoms with Crippen LogP contribution in [0.1, 0.15) is 52.6 Å². The molecule has 0 radical (unpaired) electrons. The molecule has 1 saturated heterocycles. The van der Waals surface area contributed by atoms with Crippen LogP contribution in [0.4, 0.5) is 13.2 Å². The number of carbonyl (C=O) groups is 1. The third-order valence-corrected chi connectivity index (χ3v) is 10.6. The zero-order valence-electron chi connectivity index (χ0n) is 24.8. The number of rotatable bonds is 4. The monoisotopic (exact) mass is 600 g/mol. The van der Waals surface area contributed by atoms with Crippen LogP contribution in [0, 0.1) is 24.7 Å². The molecule has 1 amide bonds. The zero-order valence-corrected chi connectivity index (χ0v) is 24.8. The largest absolute Gasteiger partial charge is 0.504 e. The maximum atomic E-state index is 13.4. The van der Waals surface area contributed by atoms with E-state index in [-0.39, 0.29) is 23.3 Å². The number of amides is 1. The van der Waals surface area contributed by atoms with Crippen LogP contribution in [0.5, 0.6) is 11.5 Å². The number of likely N-dealkylation sites (N-methyl/N-ethyl adjacent to an activating group) is 1. The van der Waals surface area contributed by atoms with E-state index in [2.05, 4.69) is 47.9 Å². The van der Waals surface area contributed by atoms with Crippen LogP contribution in [0.25, 0.3) is 0 Å². The lowest BCUT2D eigenvalue weighted by atomic mass is 9.50. The zero-order chi connectivity index (χ0) is 30.8. The number of aromatic hydroxyl groups is 1. The van der Waals surface area contributed by atoms with E-state index in [9.17, 15) is 23.1 Å². The summed E-state index contributed by atoms with van der Waals surface area (Å²) in [6, 6.07) is 17.0. The fraction of sp³-hybridized carbons (Fsp3) is 0.417. The highest BCUT2D eigenvalue weighted by molar-refractivity contribution is 5.94. The second kappa shape index (κ2) is 10.6. The molecule has 7 rings (SSSR count). The van der Waals surface area contributed by atoms with Crippen LogP contribution in [-0.2, 0) is 29.2 Å². The fourth-order valence-corrected chi connectivity index (χ4v) is 8.56. The predicted octanol–water partition coefficient (Wildman–Crippen LogP) is 5.88. The second-order valence-corrected chi connectivity index (χ2v) is 12.8. The first-order valence-electron chi connectivity index (χ1n) is 15.3. The van der Waals surface area contributed by atoms with Gasteiger partial charge < -0.3 is 14.7 Å². The van der Waals surface area contributed by atoms with E-state index in [1.54, 1.807) is 11.9 Å². The molecule has 8 heteroatoms. The van der Waals surface area contributed by atoms with Crippen LogP contribution in [0.3, 0.4) is 0 Å². The van der Waals surface area contributed by atoms with Gasteiger partial charge in [0.1, 0.15) is 6.10 Å². The first-order chi connectivity index (χ1) is 21.1. The van der Waals surface area contributed by atoms with Crippen molar-refractivity contribution in [2.75, 3.05) is 20.1 Å². The first kappa shape index (κ1) is 28.8. The molecule has 228 valence electrons. The Labute approximate surface area is 255 Å². The number of piperidine rings is 1. The van der Waals surface area contributed by atoms with E-state index >= 15 is 0 Å². The van der Waals surface area contributed by atoms with E-state index in [0.717, 1.165) is 68.5 Å². The van der Waals surface area contributed by atoms with Crippen LogP contribution in [-0.4, -0.2) is 59.1 Å². The van der Waals surface area contributed by atoms with E-state index in [4.69, 9.17) is 4.74 Å². The molecule has 1 saturated carbocycles. The number of ether oxygens (including phenoxy) is 1. The smallest absolute Gasteiger partial charge is 0.416 e. The summed E-state index contributed by atoms with van der Waals surface area (Å²) in [4.78, 5) is 17.7. The lowest BCUT2D eigenvalue weighted by Crippen LogP contribution is -2.69. The molecule has 1 spiro atoms. The number of hydrogen-bond donors (Lipinski definition) is 1. The Morgan fingerprint density at radius 2 is 1.89 bits per heavy atom. The third kappa shape index (κ3) is 4.56.